The maximum Gasteiger partial charge on any atom is 0.407 e. The lowest BCUT2D eigenvalue weighted by Crippen LogP contribution is -2.52. The van der Waals surface area contributed by atoms with Crippen molar-refractivity contribution in [1.29, 1.82) is 0 Å². The van der Waals surface area contributed by atoms with Crippen LogP contribution in [-0.4, -0.2) is 175 Å². The highest BCUT2D eigenvalue weighted by atomic mass is 32.2. The highest BCUT2D eigenvalue weighted by Crippen LogP contribution is 2.33. The number of fused-ring (bicyclic) bond motifs is 2. The second kappa shape index (κ2) is 29.9. The molecule has 3 aromatic carbocycles. The SMILES string of the molecule is C=O.CC.CC(C)(C)OC(=O)NC1CCN(S(=O)c2cccc(N3CCC(CN4CCN(c5ccc6c(c5)CN(C5CCC(=O)NC5=O)C6=O)CC4)CC3)c2)CC1.CCCC(C(=O)NC)N1Cc2cc(NCCNC)ccc2C1=O. The topological polar surface area (TPSA) is 225 Å². The standard InChI is InChI=1S/C39H53N7O6S.C17H26N4O2.C2H6.CH2O/c1-39(2,3)52-38(50)40-29-13-17-45(18-14-29)53(51)32-6-4-5-30(24-32)43-15-11-27(12-16-43)25-42-19-21-44(22-20-42)31-7-8-33-28(23-31)26-46(37(33)49)34-9-10-35(47)41-36(34)48;1-4-5-15(16(22)19-3)21-11-12-10-13(20-9-8-18-2)6-7-14(12)17(21)23;2*1-2/h4-8,23-24,27,29,34H,9-22,25-26H2,1-3H3,(H,40,50)(H,41,47,48);6-7,10,15,18,20H,4-5,8-9,11H2,1-3H3,(H,19,22);1-2H3;1H2. The lowest BCUT2D eigenvalue weighted by Gasteiger charge is -2.40. The van der Waals surface area contributed by atoms with Gasteiger partial charge in [0.15, 0.2) is 0 Å². The van der Waals surface area contributed by atoms with Crippen LogP contribution in [0.1, 0.15) is 125 Å². The van der Waals surface area contributed by atoms with E-state index in [1.165, 1.54) is 0 Å². The molecule has 6 amide bonds. The number of nitrogens with zero attached hydrogens (tertiary/aromatic N) is 6. The molecule has 0 spiro atoms. The van der Waals surface area contributed by atoms with Gasteiger partial charge in [0, 0.05) is 133 Å². The minimum Gasteiger partial charge on any atom is -0.444 e. The number of carbonyl (C=O) groups is 7. The average Bonchev–Trinajstić information content (AvgIpc) is 3.98. The van der Waals surface area contributed by atoms with Gasteiger partial charge in [-0.2, -0.15) is 0 Å². The van der Waals surface area contributed by atoms with Crippen LogP contribution in [0.2, 0.25) is 0 Å². The number of rotatable bonds is 16. The Kier molecular flexibility index (Phi) is 23.4. The van der Waals surface area contributed by atoms with Crippen molar-refractivity contribution in [3.63, 3.8) is 0 Å². The quantitative estimate of drug-likeness (QED) is 0.0880. The van der Waals surface area contributed by atoms with Crippen molar-refractivity contribution in [3.05, 3.63) is 82.9 Å². The molecule has 6 aliphatic rings. The minimum absolute atomic E-state index is 0.0222. The molecular weight excluding hydrogens is 1040 g/mol. The molecule has 0 aliphatic carbocycles. The predicted octanol–water partition coefficient (Wildman–Crippen LogP) is 5.53. The van der Waals surface area contributed by atoms with E-state index in [9.17, 15) is 33.0 Å². The summed E-state index contributed by atoms with van der Waals surface area (Å²) in [6.45, 7) is 24.3. The fraction of sp³-hybridized carbons (Fsp3) is 0.576. The molecule has 21 heteroatoms. The number of ether oxygens (including phenoxy) is 1. The summed E-state index contributed by atoms with van der Waals surface area (Å²) in [7, 11) is 2.27. The molecule has 9 rings (SSSR count). The third-order valence-corrected chi connectivity index (χ3v) is 16.8. The van der Waals surface area contributed by atoms with Gasteiger partial charge in [-0.3, -0.25) is 34.2 Å². The number of alkyl carbamates (subject to hydrolysis) is 1. The molecule has 0 saturated carbocycles. The number of hydrogen-bond donors (Lipinski definition) is 5. The van der Waals surface area contributed by atoms with Gasteiger partial charge in [-0.05, 0) is 138 Å². The zero-order valence-corrected chi connectivity index (χ0v) is 49.2. The van der Waals surface area contributed by atoms with E-state index in [2.05, 4.69) is 59.5 Å². The first kappa shape index (κ1) is 62.8. The van der Waals surface area contributed by atoms with Crippen molar-refractivity contribution in [2.45, 2.75) is 135 Å². The van der Waals surface area contributed by atoms with E-state index in [0.717, 1.165) is 124 Å². The monoisotopic (exact) mass is 1130 g/mol. The molecule has 3 unspecified atom stereocenters. The number of imide groups is 1. The fourth-order valence-electron chi connectivity index (χ4n) is 11.2. The molecule has 4 fully saturated rings. The highest BCUT2D eigenvalue weighted by Gasteiger charge is 2.40. The molecule has 0 aromatic heterocycles. The van der Waals surface area contributed by atoms with Crippen LogP contribution in [0.15, 0.2) is 65.6 Å². The minimum atomic E-state index is -1.25. The van der Waals surface area contributed by atoms with Crippen LogP contribution in [0.3, 0.4) is 0 Å². The van der Waals surface area contributed by atoms with Crippen LogP contribution < -0.4 is 36.4 Å². The van der Waals surface area contributed by atoms with Gasteiger partial charge < -0.3 is 50.4 Å². The van der Waals surface area contributed by atoms with Gasteiger partial charge in [0.25, 0.3) is 11.8 Å². The highest BCUT2D eigenvalue weighted by molar-refractivity contribution is 7.82. The molecule has 80 heavy (non-hydrogen) atoms. The molecule has 0 bridgehead atoms. The van der Waals surface area contributed by atoms with Gasteiger partial charge in [-0.1, -0.05) is 33.3 Å². The first-order valence-electron chi connectivity index (χ1n) is 28.6. The van der Waals surface area contributed by atoms with Gasteiger partial charge in [0.05, 0.1) is 4.90 Å². The summed E-state index contributed by atoms with van der Waals surface area (Å²) >= 11 is 0. The van der Waals surface area contributed by atoms with Crippen LogP contribution in [0.5, 0.6) is 0 Å². The molecule has 3 aromatic rings. The zero-order chi connectivity index (χ0) is 58.1. The second-order valence-electron chi connectivity index (χ2n) is 21.8. The third-order valence-electron chi connectivity index (χ3n) is 15.3. The van der Waals surface area contributed by atoms with E-state index in [1.54, 1.807) is 16.8 Å². The van der Waals surface area contributed by atoms with E-state index in [1.807, 2.05) is 102 Å². The predicted molar refractivity (Wildman–Crippen MR) is 313 cm³/mol. The zero-order valence-electron chi connectivity index (χ0n) is 48.4. The fourth-order valence-corrected chi connectivity index (χ4v) is 12.4. The van der Waals surface area contributed by atoms with Crippen LogP contribution in [-0.2, 0) is 48.0 Å². The number of piperazine rings is 1. The van der Waals surface area contributed by atoms with Crippen LogP contribution >= 0.6 is 0 Å². The molecule has 6 heterocycles. The third kappa shape index (κ3) is 16.4. The molecule has 6 aliphatic heterocycles. The summed E-state index contributed by atoms with van der Waals surface area (Å²) in [4.78, 5) is 93.6. The van der Waals surface area contributed by atoms with E-state index in [0.29, 0.717) is 56.1 Å². The Morgan fingerprint density at radius 3 is 2.08 bits per heavy atom. The molecule has 3 atom stereocenters. The van der Waals surface area contributed by atoms with Gasteiger partial charge in [-0.25, -0.2) is 13.3 Å². The van der Waals surface area contributed by atoms with Gasteiger partial charge in [-0.15, -0.1) is 0 Å². The Morgan fingerprint density at radius 2 is 1.43 bits per heavy atom. The number of amides is 6. The number of nitrogens with one attached hydrogen (secondary N) is 5. The number of carbonyl (C=O) groups excluding carboxylic acids is 7. The number of likely N-dealkylation sites (N-methyl/N-ethyl adjacent to an activating group) is 2. The van der Waals surface area contributed by atoms with Gasteiger partial charge in [0.1, 0.15) is 35.5 Å². The normalized spacial score (nSPS) is 19.7. The summed E-state index contributed by atoms with van der Waals surface area (Å²) in [6, 6.07) is 19.0. The van der Waals surface area contributed by atoms with Crippen LogP contribution in [0, 0.1) is 5.92 Å². The lowest BCUT2D eigenvalue weighted by atomic mass is 9.95. The Hall–Kier alpha value is -6.42. The maximum absolute atomic E-state index is 13.6. The van der Waals surface area contributed by atoms with Crippen molar-refractivity contribution in [3.8, 4) is 0 Å². The van der Waals surface area contributed by atoms with E-state index in [-0.39, 0.29) is 42.0 Å². The molecule has 20 nitrogen and oxygen atoms in total. The number of piperidine rings is 3. The number of anilines is 3. The van der Waals surface area contributed by atoms with E-state index in [4.69, 9.17) is 9.53 Å². The van der Waals surface area contributed by atoms with Crippen LogP contribution in [0.4, 0.5) is 21.9 Å². The molecule has 0 radical (unpaired) electrons. The number of hydrogen-bond acceptors (Lipinski definition) is 14. The number of benzene rings is 3. The smallest absolute Gasteiger partial charge is 0.407 e. The van der Waals surface area contributed by atoms with Gasteiger partial charge >= 0.3 is 6.09 Å². The van der Waals surface area contributed by atoms with Crippen molar-refractivity contribution in [2.75, 3.05) is 101 Å². The lowest BCUT2D eigenvalue weighted by molar-refractivity contribution is -0.137. The van der Waals surface area contributed by atoms with Crippen molar-refractivity contribution in [2.24, 2.45) is 5.92 Å². The average molecular weight is 1130 g/mol. The Balaban J connectivity index is 0.000000320. The first-order valence-corrected chi connectivity index (χ1v) is 29.7. The largest absolute Gasteiger partial charge is 0.444 e. The van der Waals surface area contributed by atoms with Gasteiger partial charge in [0.2, 0.25) is 17.7 Å². The molecule has 438 valence electrons. The first-order chi connectivity index (χ1) is 38.5. The molecule has 4 saturated heterocycles. The summed E-state index contributed by atoms with van der Waals surface area (Å²) in [5.74, 6) is -0.311. The molecule has 5 N–H and O–H groups in total. The van der Waals surface area contributed by atoms with E-state index >= 15 is 0 Å². The van der Waals surface area contributed by atoms with Crippen molar-refractivity contribution >= 4 is 70.5 Å². The summed E-state index contributed by atoms with van der Waals surface area (Å²) in [6.07, 6.45) is 5.46. The van der Waals surface area contributed by atoms with Crippen LogP contribution in [0.25, 0.3) is 0 Å². The van der Waals surface area contributed by atoms with Crippen molar-refractivity contribution < 1.29 is 42.5 Å². The summed E-state index contributed by atoms with van der Waals surface area (Å²) in [5.41, 5.74) is 5.98. The van der Waals surface area contributed by atoms with Crippen molar-refractivity contribution in [1.82, 2.24) is 40.3 Å². The Bertz CT molecular complexity index is 2630. The van der Waals surface area contributed by atoms with E-state index < -0.39 is 34.8 Å². The Labute approximate surface area is 476 Å². The second-order valence-corrected chi connectivity index (χ2v) is 23.3. The summed E-state index contributed by atoms with van der Waals surface area (Å²) < 4.78 is 21.0. The summed E-state index contributed by atoms with van der Waals surface area (Å²) in [5, 5.41) is 14.4. The molecular formula is C59H87N11O9S. The Morgan fingerprint density at radius 1 is 0.775 bits per heavy atom. The maximum atomic E-state index is 13.6.